The van der Waals surface area contributed by atoms with Crippen molar-refractivity contribution in [3.8, 4) is 0 Å². The van der Waals surface area contributed by atoms with Gasteiger partial charge >= 0.3 is 0 Å². The molecule has 4 heteroatoms. The summed E-state index contributed by atoms with van der Waals surface area (Å²) in [5.74, 6) is 0.805. The van der Waals surface area contributed by atoms with Crippen molar-refractivity contribution >= 4 is 17.2 Å². The monoisotopic (exact) mass is 216 g/mol. The van der Waals surface area contributed by atoms with Gasteiger partial charge in [0.05, 0.1) is 11.1 Å². The summed E-state index contributed by atoms with van der Waals surface area (Å²) in [7, 11) is 0. The first-order valence-corrected chi connectivity index (χ1v) is 5.59. The van der Waals surface area contributed by atoms with E-state index in [0.717, 1.165) is 26.1 Å². The lowest BCUT2D eigenvalue weighted by molar-refractivity contribution is 0.0419. The van der Waals surface area contributed by atoms with Crippen LogP contribution in [0, 0.1) is 11.8 Å². The van der Waals surface area contributed by atoms with Crippen molar-refractivity contribution < 1.29 is 5.11 Å². The number of thiocarbonyl (C=S) groups is 1. The number of piperidine rings is 1. The van der Waals surface area contributed by atoms with Crippen LogP contribution in [-0.2, 0) is 0 Å². The standard InChI is InChI=1S/C10H20N2OS/c1-7-3-9(13)6-12(4-7)5-8(2)10(11)14/h7-9,13H,3-6H2,1-2H3,(H2,11,14)/t7-,8?,9+/m0/s1. The first-order valence-electron chi connectivity index (χ1n) is 5.18. The maximum atomic E-state index is 9.60. The normalized spacial score (nSPS) is 31.4. The third-order valence-electron chi connectivity index (χ3n) is 2.73. The van der Waals surface area contributed by atoms with Crippen LogP contribution in [0.25, 0.3) is 0 Å². The summed E-state index contributed by atoms with van der Waals surface area (Å²) >= 11 is 4.93. The van der Waals surface area contributed by atoms with E-state index in [1.807, 2.05) is 6.92 Å². The lowest BCUT2D eigenvalue weighted by Gasteiger charge is -2.35. The van der Waals surface area contributed by atoms with Crippen LogP contribution in [0.4, 0.5) is 0 Å². The van der Waals surface area contributed by atoms with Gasteiger partial charge in [-0.1, -0.05) is 26.1 Å². The van der Waals surface area contributed by atoms with E-state index in [9.17, 15) is 5.11 Å². The average molecular weight is 216 g/mol. The van der Waals surface area contributed by atoms with Crippen LogP contribution in [-0.4, -0.2) is 40.7 Å². The van der Waals surface area contributed by atoms with E-state index >= 15 is 0 Å². The molecule has 0 aromatic rings. The summed E-state index contributed by atoms with van der Waals surface area (Å²) in [6.07, 6.45) is 0.732. The lowest BCUT2D eigenvalue weighted by atomic mass is 9.97. The molecule has 1 saturated heterocycles. The number of nitrogens with zero attached hydrogens (tertiary/aromatic N) is 1. The molecule has 1 aliphatic rings. The first-order chi connectivity index (χ1) is 6.49. The molecule has 1 unspecified atom stereocenters. The molecule has 1 aliphatic heterocycles. The highest BCUT2D eigenvalue weighted by Crippen LogP contribution is 2.17. The van der Waals surface area contributed by atoms with Crippen LogP contribution in [0.2, 0.25) is 0 Å². The SMILES string of the molecule is CC(CN1C[C@@H](C)C[C@@H](O)C1)C(N)=S. The molecule has 0 aliphatic carbocycles. The van der Waals surface area contributed by atoms with Crippen molar-refractivity contribution in [1.82, 2.24) is 4.90 Å². The second-order valence-corrected chi connectivity index (χ2v) is 4.99. The Bertz CT molecular complexity index is 200. The van der Waals surface area contributed by atoms with E-state index in [1.165, 1.54) is 0 Å². The molecule has 3 N–H and O–H groups in total. The topological polar surface area (TPSA) is 49.5 Å². The molecule has 0 aromatic carbocycles. The number of hydrogen-bond acceptors (Lipinski definition) is 3. The Labute approximate surface area is 91.3 Å². The van der Waals surface area contributed by atoms with Gasteiger partial charge in [-0.05, 0) is 12.3 Å². The Morgan fingerprint density at radius 3 is 2.79 bits per heavy atom. The van der Waals surface area contributed by atoms with E-state index < -0.39 is 0 Å². The minimum Gasteiger partial charge on any atom is -0.393 e. The van der Waals surface area contributed by atoms with Crippen LogP contribution >= 0.6 is 12.2 Å². The van der Waals surface area contributed by atoms with Gasteiger partial charge in [0, 0.05) is 25.6 Å². The van der Waals surface area contributed by atoms with Crippen molar-refractivity contribution in [3.05, 3.63) is 0 Å². The van der Waals surface area contributed by atoms with Gasteiger partial charge in [0.15, 0.2) is 0 Å². The number of rotatable bonds is 3. The van der Waals surface area contributed by atoms with Crippen molar-refractivity contribution in [2.75, 3.05) is 19.6 Å². The second kappa shape index (κ2) is 5.05. The van der Waals surface area contributed by atoms with Gasteiger partial charge < -0.3 is 10.8 Å². The second-order valence-electron chi connectivity index (χ2n) is 4.52. The number of β-amino-alcohol motifs (C(OH)–C–C–N with tert-alkyl or cyclic N) is 1. The van der Waals surface area contributed by atoms with Gasteiger partial charge in [0.1, 0.15) is 0 Å². The van der Waals surface area contributed by atoms with Crippen molar-refractivity contribution in [2.24, 2.45) is 17.6 Å². The summed E-state index contributed by atoms with van der Waals surface area (Å²) < 4.78 is 0. The van der Waals surface area contributed by atoms with Gasteiger partial charge in [-0.25, -0.2) is 0 Å². The molecule has 14 heavy (non-hydrogen) atoms. The minimum absolute atomic E-state index is 0.183. The van der Waals surface area contributed by atoms with Crippen LogP contribution in [0.1, 0.15) is 20.3 Å². The third-order valence-corrected chi connectivity index (χ3v) is 3.13. The molecule has 82 valence electrons. The molecular weight excluding hydrogens is 196 g/mol. The van der Waals surface area contributed by atoms with E-state index in [2.05, 4.69) is 11.8 Å². The Morgan fingerprint density at radius 2 is 2.29 bits per heavy atom. The van der Waals surface area contributed by atoms with E-state index in [1.54, 1.807) is 0 Å². The summed E-state index contributed by atoms with van der Waals surface area (Å²) in [5.41, 5.74) is 5.56. The molecule has 1 fully saturated rings. The Kier molecular flexibility index (Phi) is 4.29. The van der Waals surface area contributed by atoms with E-state index in [4.69, 9.17) is 18.0 Å². The van der Waals surface area contributed by atoms with Crippen molar-refractivity contribution in [3.63, 3.8) is 0 Å². The molecule has 0 aromatic heterocycles. The fourth-order valence-electron chi connectivity index (χ4n) is 2.05. The van der Waals surface area contributed by atoms with Gasteiger partial charge in [-0.2, -0.15) is 0 Å². The Balaban J connectivity index is 2.40. The molecule has 3 atom stereocenters. The first kappa shape index (κ1) is 11.9. The zero-order chi connectivity index (χ0) is 10.7. The Morgan fingerprint density at radius 1 is 1.64 bits per heavy atom. The highest BCUT2D eigenvalue weighted by molar-refractivity contribution is 7.80. The van der Waals surface area contributed by atoms with Crippen molar-refractivity contribution in [2.45, 2.75) is 26.4 Å². The van der Waals surface area contributed by atoms with Gasteiger partial charge in [-0.15, -0.1) is 0 Å². The van der Waals surface area contributed by atoms with Crippen LogP contribution in [0.15, 0.2) is 0 Å². The van der Waals surface area contributed by atoms with E-state index in [0.29, 0.717) is 10.9 Å². The largest absolute Gasteiger partial charge is 0.393 e. The smallest absolute Gasteiger partial charge is 0.0768 e. The van der Waals surface area contributed by atoms with Crippen LogP contribution < -0.4 is 5.73 Å². The van der Waals surface area contributed by atoms with Gasteiger partial charge in [0.25, 0.3) is 0 Å². The number of hydrogen-bond donors (Lipinski definition) is 2. The molecule has 1 rings (SSSR count). The molecule has 0 radical (unpaired) electrons. The molecule has 3 nitrogen and oxygen atoms in total. The van der Waals surface area contributed by atoms with E-state index in [-0.39, 0.29) is 12.0 Å². The number of aliphatic hydroxyl groups is 1. The average Bonchev–Trinajstić information content (AvgIpc) is 2.01. The predicted molar refractivity (Wildman–Crippen MR) is 62.2 cm³/mol. The summed E-state index contributed by atoms with van der Waals surface area (Å²) in [4.78, 5) is 2.82. The number of likely N-dealkylation sites (tertiary alicyclic amines) is 1. The highest BCUT2D eigenvalue weighted by Gasteiger charge is 2.24. The maximum Gasteiger partial charge on any atom is 0.0768 e. The van der Waals surface area contributed by atoms with Gasteiger partial charge in [-0.3, -0.25) is 4.90 Å². The summed E-state index contributed by atoms with van der Waals surface area (Å²) in [6, 6.07) is 0. The molecule has 0 saturated carbocycles. The number of aliphatic hydroxyl groups excluding tert-OH is 1. The van der Waals surface area contributed by atoms with Gasteiger partial charge in [0.2, 0.25) is 0 Å². The minimum atomic E-state index is -0.183. The summed E-state index contributed by atoms with van der Waals surface area (Å²) in [6.45, 7) is 6.88. The molecule has 1 heterocycles. The molecule has 0 spiro atoms. The van der Waals surface area contributed by atoms with Crippen molar-refractivity contribution in [1.29, 1.82) is 0 Å². The highest BCUT2D eigenvalue weighted by atomic mass is 32.1. The zero-order valence-electron chi connectivity index (χ0n) is 8.94. The lowest BCUT2D eigenvalue weighted by Crippen LogP contribution is -2.45. The molecule has 0 amide bonds. The van der Waals surface area contributed by atoms with Crippen LogP contribution in [0.3, 0.4) is 0 Å². The van der Waals surface area contributed by atoms with Crippen LogP contribution in [0.5, 0.6) is 0 Å². The molecular formula is C10H20N2OS. The predicted octanol–water partition coefficient (Wildman–Crippen LogP) is 0.611. The number of nitrogens with two attached hydrogens (primary N) is 1. The fourth-order valence-corrected chi connectivity index (χ4v) is 2.13. The Hall–Kier alpha value is -0.190. The summed E-state index contributed by atoms with van der Waals surface area (Å²) in [5, 5.41) is 9.60. The molecule has 0 bridgehead atoms. The quantitative estimate of drug-likeness (QED) is 0.679. The third kappa shape index (κ3) is 3.52. The fraction of sp³-hybridized carbons (Fsp3) is 0.900. The zero-order valence-corrected chi connectivity index (χ0v) is 9.76. The maximum absolute atomic E-state index is 9.60.